The number of hydrogen-bond acceptors (Lipinski definition) is 4. The molecule has 0 bridgehead atoms. The van der Waals surface area contributed by atoms with E-state index in [0.717, 1.165) is 22.6 Å². The van der Waals surface area contributed by atoms with E-state index < -0.39 is 0 Å². The van der Waals surface area contributed by atoms with Gasteiger partial charge in [0.2, 0.25) is 5.78 Å². The number of imidazole rings is 2. The molecule has 5 rings (SSSR count). The van der Waals surface area contributed by atoms with Gasteiger partial charge in [0.25, 0.3) is 5.91 Å². The summed E-state index contributed by atoms with van der Waals surface area (Å²) < 4.78 is 3.74. The van der Waals surface area contributed by atoms with Crippen LogP contribution in [0, 0.1) is 13.8 Å². The summed E-state index contributed by atoms with van der Waals surface area (Å²) in [6.07, 6.45) is 5.50. The molecular formula is C22H18N6O. The van der Waals surface area contributed by atoms with Crippen molar-refractivity contribution >= 4 is 23.0 Å². The van der Waals surface area contributed by atoms with Crippen LogP contribution in [-0.2, 0) is 0 Å². The minimum absolute atomic E-state index is 0.202. The summed E-state index contributed by atoms with van der Waals surface area (Å²) in [7, 11) is 0. The summed E-state index contributed by atoms with van der Waals surface area (Å²) in [6, 6.07) is 15.2. The maximum atomic E-state index is 13.0. The van der Waals surface area contributed by atoms with Gasteiger partial charge in [-0.15, -0.1) is 0 Å². The maximum Gasteiger partial charge on any atom is 0.274 e. The highest BCUT2D eigenvalue weighted by Gasteiger charge is 2.17. The van der Waals surface area contributed by atoms with Crippen LogP contribution in [0.2, 0.25) is 0 Å². The monoisotopic (exact) mass is 382 g/mol. The van der Waals surface area contributed by atoms with Crippen molar-refractivity contribution in [3.63, 3.8) is 0 Å². The van der Waals surface area contributed by atoms with E-state index >= 15 is 0 Å². The average Bonchev–Trinajstić information content (AvgIpc) is 3.25. The fraction of sp³-hybridized carbons (Fsp3) is 0.0909. The van der Waals surface area contributed by atoms with E-state index in [4.69, 9.17) is 0 Å². The molecule has 0 radical (unpaired) electrons. The number of fused-ring (bicyclic) bond motifs is 2. The first-order valence-electron chi connectivity index (χ1n) is 9.27. The quantitative estimate of drug-likeness (QED) is 0.513. The van der Waals surface area contributed by atoms with E-state index in [1.807, 2.05) is 79.2 Å². The highest BCUT2D eigenvalue weighted by Crippen LogP contribution is 2.26. The minimum atomic E-state index is -0.202. The molecular weight excluding hydrogens is 364 g/mol. The smallest absolute Gasteiger partial charge is 0.274 e. The number of pyridine rings is 1. The zero-order valence-electron chi connectivity index (χ0n) is 16.0. The molecule has 0 saturated carbocycles. The highest BCUT2D eigenvalue weighted by atomic mass is 16.2. The Morgan fingerprint density at radius 1 is 0.966 bits per heavy atom. The van der Waals surface area contributed by atoms with E-state index in [-0.39, 0.29) is 5.91 Å². The third kappa shape index (κ3) is 2.84. The van der Waals surface area contributed by atoms with Gasteiger partial charge in [0.05, 0.1) is 11.4 Å². The van der Waals surface area contributed by atoms with E-state index in [9.17, 15) is 4.79 Å². The number of anilines is 1. The van der Waals surface area contributed by atoms with Gasteiger partial charge in [0.1, 0.15) is 11.3 Å². The molecule has 4 heterocycles. The Hall–Kier alpha value is -4.00. The standard InChI is InChI=1S/C22H18N6O/c1-14-20(28-11-4-3-9-18(28)24-14)21(29)25-17-8-5-7-16(13-17)19-15(2)27-12-6-10-23-22(27)26-19/h3-13H,1-2H3,(H,25,29). The SMILES string of the molecule is Cc1nc2ccccn2c1C(=O)Nc1cccc(-c2nc3ncccn3c2C)c1. The molecule has 7 heteroatoms. The Bertz CT molecular complexity index is 1380. The number of hydrogen-bond donors (Lipinski definition) is 1. The van der Waals surface area contributed by atoms with Gasteiger partial charge in [-0.05, 0) is 44.2 Å². The first kappa shape index (κ1) is 17.1. The second kappa shape index (κ2) is 6.56. The molecule has 0 aliphatic rings. The van der Waals surface area contributed by atoms with Crippen molar-refractivity contribution in [3.8, 4) is 11.3 Å². The summed E-state index contributed by atoms with van der Waals surface area (Å²) in [5.74, 6) is 0.447. The van der Waals surface area contributed by atoms with Crippen LogP contribution in [0.1, 0.15) is 21.9 Å². The Labute approximate surface area is 166 Å². The number of carbonyl (C=O) groups is 1. The molecule has 1 aromatic carbocycles. The summed E-state index contributed by atoms with van der Waals surface area (Å²) >= 11 is 0. The van der Waals surface area contributed by atoms with Crippen molar-refractivity contribution < 1.29 is 4.79 Å². The van der Waals surface area contributed by atoms with Crippen molar-refractivity contribution in [2.45, 2.75) is 13.8 Å². The van der Waals surface area contributed by atoms with Crippen LogP contribution in [0.4, 0.5) is 5.69 Å². The van der Waals surface area contributed by atoms with Gasteiger partial charge in [0, 0.05) is 35.5 Å². The lowest BCUT2D eigenvalue weighted by molar-refractivity contribution is 0.102. The highest BCUT2D eigenvalue weighted by molar-refractivity contribution is 6.04. The number of benzene rings is 1. The molecule has 0 aliphatic heterocycles. The molecule has 1 N–H and O–H groups in total. The van der Waals surface area contributed by atoms with E-state index in [1.54, 1.807) is 10.6 Å². The Balaban J connectivity index is 1.50. The van der Waals surface area contributed by atoms with Gasteiger partial charge in [0.15, 0.2) is 0 Å². The van der Waals surface area contributed by atoms with Crippen molar-refractivity contribution in [3.05, 3.63) is 84.2 Å². The van der Waals surface area contributed by atoms with Crippen molar-refractivity contribution in [2.75, 3.05) is 5.32 Å². The molecule has 5 aromatic rings. The van der Waals surface area contributed by atoms with E-state index in [1.165, 1.54) is 0 Å². The summed E-state index contributed by atoms with van der Waals surface area (Å²) in [6.45, 7) is 3.84. The lowest BCUT2D eigenvalue weighted by Gasteiger charge is -2.08. The first-order valence-corrected chi connectivity index (χ1v) is 9.27. The normalized spacial score (nSPS) is 11.2. The number of rotatable bonds is 3. The second-order valence-electron chi connectivity index (χ2n) is 6.85. The number of carbonyl (C=O) groups excluding carboxylic acids is 1. The zero-order chi connectivity index (χ0) is 20.0. The number of aromatic nitrogens is 5. The van der Waals surface area contributed by atoms with Crippen LogP contribution in [-0.4, -0.2) is 29.7 Å². The third-order valence-electron chi connectivity index (χ3n) is 4.96. The van der Waals surface area contributed by atoms with Crippen LogP contribution < -0.4 is 5.32 Å². The molecule has 29 heavy (non-hydrogen) atoms. The molecule has 1 amide bonds. The molecule has 142 valence electrons. The third-order valence-corrected chi connectivity index (χ3v) is 4.96. The Morgan fingerprint density at radius 2 is 1.83 bits per heavy atom. The maximum absolute atomic E-state index is 13.0. The largest absolute Gasteiger partial charge is 0.321 e. The first-order chi connectivity index (χ1) is 14.1. The topological polar surface area (TPSA) is 76.6 Å². The van der Waals surface area contributed by atoms with Crippen molar-refractivity contribution in [1.82, 2.24) is 23.8 Å². The number of nitrogens with one attached hydrogen (secondary N) is 1. The van der Waals surface area contributed by atoms with Crippen LogP contribution in [0.5, 0.6) is 0 Å². The molecule has 4 aromatic heterocycles. The fourth-order valence-corrected chi connectivity index (χ4v) is 3.60. The molecule has 0 fully saturated rings. The number of amides is 1. The van der Waals surface area contributed by atoms with E-state index in [2.05, 4.69) is 20.3 Å². The molecule has 0 atom stereocenters. The second-order valence-corrected chi connectivity index (χ2v) is 6.85. The van der Waals surface area contributed by atoms with E-state index in [0.29, 0.717) is 22.9 Å². The fourth-order valence-electron chi connectivity index (χ4n) is 3.60. The lowest BCUT2D eigenvalue weighted by atomic mass is 10.1. The Kier molecular flexibility index (Phi) is 3.87. The van der Waals surface area contributed by atoms with Crippen LogP contribution in [0.25, 0.3) is 22.7 Å². The summed E-state index contributed by atoms with van der Waals surface area (Å²) in [5.41, 5.74) is 5.41. The average molecular weight is 382 g/mol. The van der Waals surface area contributed by atoms with Gasteiger partial charge in [-0.2, -0.15) is 0 Å². The van der Waals surface area contributed by atoms with Gasteiger partial charge in [-0.1, -0.05) is 18.2 Å². The van der Waals surface area contributed by atoms with Crippen LogP contribution in [0.3, 0.4) is 0 Å². The molecule has 0 spiro atoms. The Morgan fingerprint density at radius 3 is 2.69 bits per heavy atom. The molecule has 0 unspecified atom stereocenters. The predicted octanol–water partition coefficient (Wildman–Crippen LogP) is 3.91. The molecule has 0 saturated heterocycles. The van der Waals surface area contributed by atoms with Crippen molar-refractivity contribution in [1.29, 1.82) is 0 Å². The zero-order valence-corrected chi connectivity index (χ0v) is 16.0. The van der Waals surface area contributed by atoms with Gasteiger partial charge < -0.3 is 5.32 Å². The van der Waals surface area contributed by atoms with Gasteiger partial charge in [-0.25, -0.2) is 15.0 Å². The summed E-state index contributed by atoms with van der Waals surface area (Å²) in [5, 5.41) is 2.99. The van der Waals surface area contributed by atoms with Crippen LogP contribution in [0.15, 0.2) is 67.1 Å². The minimum Gasteiger partial charge on any atom is -0.321 e. The van der Waals surface area contributed by atoms with Gasteiger partial charge >= 0.3 is 0 Å². The summed E-state index contributed by atoms with van der Waals surface area (Å²) in [4.78, 5) is 26.4. The van der Waals surface area contributed by atoms with Crippen LogP contribution >= 0.6 is 0 Å². The molecule has 0 aliphatic carbocycles. The molecule has 7 nitrogen and oxygen atoms in total. The predicted molar refractivity (Wildman–Crippen MR) is 111 cm³/mol. The lowest BCUT2D eigenvalue weighted by Crippen LogP contribution is -2.15. The van der Waals surface area contributed by atoms with Gasteiger partial charge in [-0.3, -0.25) is 13.6 Å². The number of nitrogens with zero attached hydrogens (tertiary/aromatic N) is 5. The number of aryl methyl sites for hydroxylation is 2. The van der Waals surface area contributed by atoms with Crippen molar-refractivity contribution in [2.24, 2.45) is 0 Å².